The van der Waals surface area contributed by atoms with Crippen LogP contribution >= 0.6 is 0 Å². The molecular formula is C6H6N8O2. The van der Waals surface area contributed by atoms with E-state index in [1.165, 1.54) is 25.3 Å². The summed E-state index contributed by atoms with van der Waals surface area (Å²) in [5, 5.41) is 13.8. The van der Waals surface area contributed by atoms with Crippen molar-refractivity contribution in [3.05, 3.63) is 25.3 Å². The fourth-order valence-corrected chi connectivity index (χ4v) is 0.853. The van der Waals surface area contributed by atoms with Gasteiger partial charge in [0.25, 0.3) is 0 Å². The van der Waals surface area contributed by atoms with E-state index in [-0.39, 0.29) is 0 Å². The minimum atomic E-state index is -0.867. The van der Waals surface area contributed by atoms with Crippen molar-refractivity contribution in [2.75, 3.05) is 10.9 Å². The van der Waals surface area contributed by atoms with Gasteiger partial charge in [0.1, 0.15) is 25.3 Å². The Labute approximate surface area is 88.2 Å². The minimum absolute atomic E-state index is 0.867. The topological polar surface area (TPSA) is 120 Å². The van der Waals surface area contributed by atoms with Gasteiger partial charge in [0.2, 0.25) is 0 Å². The number of carbonyl (C=O) groups excluding carboxylic acids is 2. The summed E-state index contributed by atoms with van der Waals surface area (Å²) in [5.74, 6) is -1.73. The van der Waals surface area contributed by atoms with E-state index in [0.717, 1.165) is 9.35 Å². The van der Waals surface area contributed by atoms with Crippen molar-refractivity contribution in [3.8, 4) is 0 Å². The van der Waals surface area contributed by atoms with Gasteiger partial charge in [-0.05, 0) is 0 Å². The van der Waals surface area contributed by atoms with Gasteiger partial charge in [-0.2, -0.15) is 0 Å². The molecule has 10 heteroatoms. The number of nitrogens with one attached hydrogen (secondary N) is 2. The molecule has 0 saturated carbocycles. The molecule has 0 fully saturated rings. The first-order valence-corrected chi connectivity index (χ1v) is 4.07. The van der Waals surface area contributed by atoms with Crippen molar-refractivity contribution < 1.29 is 9.59 Å². The SMILES string of the molecule is O=C(Nn1cnnc1)C(=O)Nn1cnnc1. The monoisotopic (exact) mass is 222 g/mol. The van der Waals surface area contributed by atoms with E-state index in [9.17, 15) is 9.59 Å². The molecule has 2 amide bonds. The maximum atomic E-state index is 11.3. The first kappa shape index (κ1) is 9.76. The summed E-state index contributed by atoms with van der Waals surface area (Å²) in [6.45, 7) is 0. The molecule has 2 aromatic rings. The van der Waals surface area contributed by atoms with E-state index >= 15 is 0 Å². The lowest BCUT2D eigenvalue weighted by Crippen LogP contribution is -2.36. The molecule has 0 radical (unpaired) electrons. The van der Waals surface area contributed by atoms with Crippen molar-refractivity contribution >= 4 is 11.8 Å². The predicted molar refractivity (Wildman–Crippen MR) is 48.8 cm³/mol. The zero-order chi connectivity index (χ0) is 11.4. The van der Waals surface area contributed by atoms with Gasteiger partial charge in [-0.1, -0.05) is 0 Å². The van der Waals surface area contributed by atoms with Crippen LogP contribution in [0.4, 0.5) is 0 Å². The van der Waals surface area contributed by atoms with Gasteiger partial charge in [-0.25, -0.2) is 9.35 Å². The molecule has 0 aromatic carbocycles. The lowest BCUT2D eigenvalue weighted by Gasteiger charge is -2.05. The molecule has 2 rings (SSSR count). The average molecular weight is 222 g/mol. The Hall–Kier alpha value is -2.78. The van der Waals surface area contributed by atoms with E-state index in [0.29, 0.717) is 0 Å². The van der Waals surface area contributed by atoms with Crippen LogP contribution in [0.15, 0.2) is 25.3 Å². The van der Waals surface area contributed by atoms with E-state index in [1.54, 1.807) is 0 Å². The van der Waals surface area contributed by atoms with Crippen LogP contribution in [0.25, 0.3) is 0 Å². The van der Waals surface area contributed by atoms with Crippen molar-refractivity contribution in [2.24, 2.45) is 0 Å². The van der Waals surface area contributed by atoms with Gasteiger partial charge in [0.05, 0.1) is 0 Å². The highest BCUT2D eigenvalue weighted by molar-refractivity contribution is 6.41. The van der Waals surface area contributed by atoms with E-state index in [2.05, 4.69) is 31.2 Å². The molecule has 16 heavy (non-hydrogen) atoms. The molecule has 0 aliphatic carbocycles. The summed E-state index contributed by atoms with van der Waals surface area (Å²) < 4.78 is 2.29. The van der Waals surface area contributed by atoms with Crippen molar-refractivity contribution in [3.63, 3.8) is 0 Å². The normalized spacial score (nSPS) is 9.75. The van der Waals surface area contributed by atoms with Gasteiger partial charge >= 0.3 is 11.8 Å². The first-order valence-electron chi connectivity index (χ1n) is 4.07. The Balaban J connectivity index is 1.92. The predicted octanol–water partition coefficient (Wildman–Crippen LogP) is -2.29. The molecule has 0 aliphatic rings. The highest BCUT2D eigenvalue weighted by Gasteiger charge is 2.13. The van der Waals surface area contributed by atoms with E-state index < -0.39 is 11.8 Å². The number of rotatable bonds is 2. The number of hydrogen-bond donors (Lipinski definition) is 2. The summed E-state index contributed by atoms with van der Waals surface area (Å²) in [6, 6.07) is 0. The number of hydrogen-bond acceptors (Lipinski definition) is 6. The first-order chi connectivity index (χ1) is 7.75. The maximum absolute atomic E-state index is 11.3. The average Bonchev–Trinajstić information content (AvgIpc) is 2.90. The van der Waals surface area contributed by atoms with Crippen LogP contribution in [0.2, 0.25) is 0 Å². The molecule has 2 N–H and O–H groups in total. The highest BCUT2D eigenvalue weighted by Crippen LogP contribution is 1.80. The van der Waals surface area contributed by atoms with Crippen LogP contribution in [0.5, 0.6) is 0 Å². The maximum Gasteiger partial charge on any atom is 0.329 e. The number of aromatic nitrogens is 6. The summed E-state index contributed by atoms with van der Waals surface area (Å²) in [7, 11) is 0. The van der Waals surface area contributed by atoms with Gasteiger partial charge in [-0.15, -0.1) is 20.4 Å². The van der Waals surface area contributed by atoms with Crippen molar-refractivity contribution in [1.82, 2.24) is 29.7 Å². The van der Waals surface area contributed by atoms with Crippen LogP contribution in [0, 0.1) is 0 Å². The molecule has 0 atom stereocenters. The van der Waals surface area contributed by atoms with E-state index in [1.807, 2.05) is 0 Å². The standard InChI is InChI=1S/C6H6N8O2/c15-5(11-13-1-7-8-2-13)6(16)12-14-3-9-10-4-14/h1-4H,(H,11,15)(H,12,16). The van der Waals surface area contributed by atoms with E-state index in [4.69, 9.17) is 0 Å². The number of nitrogens with zero attached hydrogens (tertiary/aromatic N) is 6. The number of carbonyl (C=O) groups is 2. The Morgan fingerprint density at radius 2 is 1.06 bits per heavy atom. The third-order valence-electron chi connectivity index (χ3n) is 1.51. The molecule has 0 bridgehead atoms. The van der Waals surface area contributed by atoms with Gasteiger partial charge < -0.3 is 0 Å². The molecule has 0 aliphatic heterocycles. The van der Waals surface area contributed by atoms with Crippen LogP contribution < -0.4 is 10.9 Å². The molecule has 2 aromatic heterocycles. The Bertz CT molecular complexity index is 428. The quantitative estimate of drug-likeness (QED) is 0.552. The van der Waals surface area contributed by atoms with Crippen molar-refractivity contribution in [1.29, 1.82) is 0 Å². The zero-order valence-electron chi connectivity index (χ0n) is 7.81. The molecule has 82 valence electrons. The third-order valence-corrected chi connectivity index (χ3v) is 1.51. The van der Waals surface area contributed by atoms with Crippen LogP contribution in [-0.4, -0.2) is 41.6 Å². The molecule has 0 spiro atoms. The van der Waals surface area contributed by atoms with Gasteiger partial charge in [0.15, 0.2) is 0 Å². The Morgan fingerprint density at radius 3 is 1.38 bits per heavy atom. The zero-order valence-corrected chi connectivity index (χ0v) is 7.81. The van der Waals surface area contributed by atoms with Gasteiger partial charge in [-0.3, -0.25) is 20.4 Å². The molecule has 10 nitrogen and oxygen atoms in total. The Morgan fingerprint density at radius 1 is 0.750 bits per heavy atom. The van der Waals surface area contributed by atoms with Crippen LogP contribution in [0.3, 0.4) is 0 Å². The molecule has 0 unspecified atom stereocenters. The third kappa shape index (κ3) is 2.17. The number of amides is 2. The molecule has 0 saturated heterocycles. The van der Waals surface area contributed by atoms with Crippen LogP contribution in [0.1, 0.15) is 0 Å². The summed E-state index contributed by atoms with van der Waals surface area (Å²) >= 11 is 0. The second kappa shape index (κ2) is 4.16. The van der Waals surface area contributed by atoms with Gasteiger partial charge in [0, 0.05) is 0 Å². The Kier molecular flexibility index (Phi) is 2.54. The molecule has 2 heterocycles. The second-order valence-corrected chi connectivity index (χ2v) is 2.62. The highest BCUT2D eigenvalue weighted by atomic mass is 16.2. The second-order valence-electron chi connectivity index (χ2n) is 2.62. The fraction of sp³-hybridized carbons (Fsp3) is 0. The lowest BCUT2D eigenvalue weighted by molar-refractivity contribution is -0.134. The summed E-state index contributed by atoms with van der Waals surface area (Å²) in [4.78, 5) is 22.6. The van der Waals surface area contributed by atoms with Crippen LogP contribution in [-0.2, 0) is 9.59 Å². The summed E-state index contributed by atoms with van der Waals surface area (Å²) in [5.41, 5.74) is 4.44. The van der Waals surface area contributed by atoms with Crippen molar-refractivity contribution in [2.45, 2.75) is 0 Å². The molecular weight excluding hydrogens is 216 g/mol. The lowest BCUT2D eigenvalue weighted by atomic mass is 10.6. The largest absolute Gasteiger partial charge is 0.329 e. The smallest absolute Gasteiger partial charge is 0.262 e. The summed E-state index contributed by atoms with van der Waals surface area (Å²) in [6.07, 6.45) is 4.96. The fourth-order valence-electron chi connectivity index (χ4n) is 0.853. The minimum Gasteiger partial charge on any atom is -0.262 e.